The van der Waals surface area contributed by atoms with Crippen molar-refractivity contribution in [1.82, 2.24) is 0 Å². The second-order valence-corrected chi connectivity index (χ2v) is 5.03. The predicted octanol–water partition coefficient (Wildman–Crippen LogP) is 3.80. The van der Waals surface area contributed by atoms with E-state index in [0.29, 0.717) is 5.02 Å². The topological polar surface area (TPSA) is 35.2 Å². The Morgan fingerprint density at radius 1 is 1.35 bits per heavy atom. The summed E-state index contributed by atoms with van der Waals surface area (Å²) in [6, 6.07) is 5.94. The highest BCUT2D eigenvalue weighted by molar-refractivity contribution is 6.32. The van der Waals surface area contributed by atoms with Crippen LogP contribution in [-0.2, 0) is 6.42 Å². The van der Waals surface area contributed by atoms with Crippen LogP contribution in [0.3, 0.4) is 0 Å². The fourth-order valence-corrected chi connectivity index (χ4v) is 2.10. The van der Waals surface area contributed by atoms with Gasteiger partial charge in [-0.2, -0.15) is 0 Å². The van der Waals surface area contributed by atoms with E-state index in [1.165, 1.54) is 0 Å². The third kappa shape index (κ3) is 4.57. The number of halogens is 1. The Balaban J connectivity index is 2.87. The molecule has 0 aliphatic heterocycles. The van der Waals surface area contributed by atoms with Crippen LogP contribution < -0.4 is 10.5 Å². The Hall–Kier alpha value is -0.730. The van der Waals surface area contributed by atoms with Gasteiger partial charge in [0.05, 0.1) is 11.1 Å². The molecule has 0 aliphatic carbocycles. The number of nitrogens with two attached hydrogens (primary N) is 1. The van der Waals surface area contributed by atoms with Gasteiger partial charge >= 0.3 is 0 Å². The fourth-order valence-electron chi connectivity index (χ4n) is 1.86. The molecule has 0 amide bonds. The van der Waals surface area contributed by atoms with Gasteiger partial charge in [0, 0.05) is 6.04 Å². The highest BCUT2D eigenvalue weighted by Gasteiger charge is 2.12. The quantitative estimate of drug-likeness (QED) is 0.839. The molecule has 0 aliphatic rings. The van der Waals surface area contributed by atoms with E-state index < -0.39 is 0 Å². The zero-order valence-electron chi connectivity index (χ0n) is 10.9. The summed E-state index contributed by atoms with van der Waals surface area (Å²) in [6.45, 7) is 6.21. The summed E-state index contributed by atoms with van der Waals surface area (Å²) in [5.41, 5.74) is 6.93. The Morgan fingerprint density at radius 2 is 2.06 bits per heavy atom. The summed E-state index contributed by atoms with van der Waals surface area (Å²) in [5.74, 6) is 0.799. The molecule has 0 fully saturated rings. The van der Waals surface area contributed by atoms with Crippen molar-refractivity contribution >= 4 is 11.6 Å². The number of hydrogen-bond acceptors (Lipinski definition) is 2. The van der Waals surface area contributed by atoms with Crippen LogP contribution >= 0.6 is 11.6 Å². The minimum absolute atomic E-state index is 0.109. The van der Waals surface area contributed by atoms with Gasteiger partial charge in [-0.15, -0.1) is 0 Å². The SMILES string of the molecule is CCCC(C)Oc1c(Cl)cccc1CC(C)N. The molecule has 2 unspecified atom stereocenters. The number of para-hydroxylation sites is 1. The van der Waals surface area contributed by atoms with Crippen molar-refractivity contribution in [1.29, 1.82) is 0 Å². The van der Waals surface area contributed by atoms with Crippen LogP contribution in [0.5, 0.6) is 5.75 Å². The standard InChI is InChI=1S/C14H22ClNO/c1-4-6-11(3)17-14-12(9-10(2)16)7-5-8-13(14)15/h5,7-8,10-11H,4,6,9,16H2,1-3H3. The third-order valence-corrected chi connectivity index (χ3v) is 2.90. The lowest BCUT2D eigenvalue weighted by molar-refractivity contribution is 0.208. The number of rotatable bonds is 6. The van der Waals surface area contributed by atoms with Gasteiger partial charge in [0.15, 0.2) is 0 Å². The second kappa shape index (κ2) is 6.87. The summed E-state index contributed by atoms with van der Waals surface area (Å²) >= 11 is 6.19. The summed E-state index contributed by atoms with van der Waals surface area (Å²) < 4.78 is 5.93. The van der Waals surface area contributed by atoms with Crippen molar-refractivity contribution in [2.24, 2.45) is 5.73 Å². The first-order valence-corrected chi connectivity index (χ1v) is 6.62. The molecule has 3 heteroatoms. The Labute approximate surface area is 109 Å². The zero-order valence-corrected chi connectivity index (χ0v) is 11.6. The van der Waals surface area contributed by atoms with E-state index in [9.17, 15) is 0 Å². The number of benzene rings is 1. The highest BCUT2D eigenvalue weighted by Crippen LogP contribution is 2.30. The molecule has 0 heterocycles. The normalized spacial score (nSPS) is 14.4. The van der Waals surface area contributed by atoms with Gasteiger partial charge in [0.25, 0.3) is 0 Å². The first-order valence-electron chi connectivity index (χ1n) is 6.24. The monoisotopic (exact) mass is 255 g/mol. The average Bonchev–Trinajstić information content (AvgIpc) is 2.23. The lowest BCUT2D eigenvalue weighted by Crippen LogP contribution is -2.19. The first kappa shape index (κ1) is 14.3. The van der Waals surface area contributed by atoms with E-state index in [4.69, 9.17) is 22.1 Å². The van der Waals surface area contributed by atoms with E-state index in [-0.39, 0.29) is 12.1 Å². The second-order valence-electron chi connectivity index (χ2n) is 4.63. The van der Waals surface area contributed by atoms with E-state index in [1.54, 1.807) is 0 Å². The molecule has 2 atom stereocenters. The Bertz CT molecular complexity index is 352. The van der Waals surface area contributed by atoms with Crippen LogP contribution in [0.2, 0.25) is 5.02 Å². The first-order chi connectivity index (χ1) is 8.04. The maximum atomic E-state index is 6.19. The van der Waals surface area contributed by atoms with Gasteiger partial charge in [-0.25, -0.2) is 0 Å². The van der Waals surface area contributed by atoms with Crippen molar-refractivity contribution < 1.29 is 4.74 Å². The lowest BCUT2D eigenvalue weighted by atomic mass is 10.1. The molecular weight excluding hydrogens is 234 g/mol. The molecule has 0 spiro atoms. The molecule has 1 rings (SSSR count). The molecular formula is C14H22ClNO. The molecule has 0 saturated carbocycles. The molecule has 1 aromatic carbocycles. The maximum absolute atomic E-state index is 6.19. The van der Waals surface area contributed by atoms with Gasteiger partial charge in [0.2, 0.25) is 0 Å². The molecule has 2 nitrogen and oxygen atoms in total. The van der Waals surface area contributed by atoms with Crippen LogP contribution in [0.25, 0.3) is 0 Å². The molecule has 0 aromatic heterocycles. The van der Waals surface area contributed by atoms with Crippen molar-refractivity contribution in [3.63, 3.8) is 0 Å². The Kier molecular flexibility index (Phi) is 5.79. The van der Waals surface area contributed by atoms with Crippen molar-refractivity contribution in [3.05, 3.63) is 28.8 Å². The van der Waals surface area contributed by atoms with Crippen LogP contribution in [0, 0.1) is 0 Å². The van der Waals surface area contributed by atoms with E-state index in [0.717, 1.165) is 30.6 Å². The van der Waals surface area contributed by atoms with Crippen molar-refractivity contribution in [2.75, 3.05) is 0 Å². The summed E-state index contributed by atoms with van der Waals surface area (Å²) in [7, 11) is 0. The van der Waals surface area contributed by atoms with Gasteiger partial charge in [-0.1, -0.05) is 37.1 Å². The van der Waals surface area contributed by atoms with Crippen molar-refractivity contribution in [3.8, 4) is 5.75 Å². The number of hydrogen-bond donors (Lipinski definition) is 1. The molecule has 0 saturated heterocycles. The zero-order chi connectivity index (χ0) is 12.8. The smallest absolute Gasteiger partial charge is 0.141 e. The molecule has 2 N–H and O–H groups in total. The minimum atomic E-state index is 0.109. The molecule has 0 bridgehead atoms. The van der Waals surface area contributed by atoms with E-state index in [1.807, 2.05) is 25.1 Å². The average molecular weight is 256 g/mol. The third-order valence-electron chi connectivity index (χ3n) is 2.60. The molecule has 96 valence electrons. The van der Waals surface area contributed by atoms with Crippen molar-refractivity contribution in [2.45, 2.75) is 52.2 Å². The van der Waals surface area contributed by atoms with Gasteiger partial charge in [-0.05, 0) is 38.3 Å². The molecule has 1 aromatic rings. The predicted molar refractivity (Wildman–Crippen MR) is 73.8 cm³/mol. The molecule has 17 heavy (non-hydrogen) atoms. The lowest BCUT2D eigenvalue weighted by Gasteiger charge is -2.19. The summed E-state index contributed by atoms with van der Waals surface area (Å²) in [5, 5.41) is 0.672. The largest absolute Gasteiger partial charge is 0.489 e. The minimum Gasteiger partial charge on any atom is -0.489 e. The van der Waals surface area contributed by atoms with Crippen LogP contribution in [0.15, 0.2) is 18.2 Å². The van der Waals surface area contributed by atoms with Gasteiger partial charge in [0.1, 0.15) is 5.75 Å². The maximum Gasteiger partial charge on any atom is 0.141 e. The summed E-state index contributed by atoms with van der Waals surface area (Å²) in [6.07, 6.45) is 3.11. The Morgan fingerprint density at radius 3 is 2.65 bits per heavy atom. The van der Waals surface area contributed by atoms with Gasteiger partial charge in [-0.3, -0.25) is 0 Å². The summed E-state index contributed by atoms with van der Waals surface area (Å²) in [4.78, 5) is 0. The van der Waals surface area contributed by atoms with Crippen LogP contribution in [0.4, 0.5) is 0 Å². The van der Waals surface area contributed by atoms with Gasteiger partial charge < -0.3 is 10.5 Å². The van der Waals surface area contributed by atoms with E-state index in [2.05, 4.69) is 13.8 Å². The molecule has 0 radical (unpaired) electrons. The number of ether oxygens (including phenoxy) is 1. The highest BCUT2D eigenvalue weighted by atomic mass is 35.5. The fraction of sp³-hybridized carbons (Fsp3) is 0.571. The van der Waals surface area contributed by atoms with E-state index >= 15 is 0 Å². The van der Waals surface area contributed by atoms with Crippen LogP contribution in [0.1, 0.15) is 39.2 Å². The van der Waals surface area contributed by atoms with Crippen LogP contribution in [-0.4, -0.2) is 12.1 Å².